The minimum absolute atomic E-state index is 0.352. The second-order valence-electron chi connectivity index (χ2n) is 5.45. The predicted octanol–water partition coefficient (Wildman–Crippen LogP) is 1.59. The number of hydrogen-bond donors (Lipinski definition) is 1. The lowest BCUT2D eigenvalue weighted by Crippen LogP contribution is -2.39. The molecule has 0 spiro atoms. The van der Waals surface area contributed by atoms with Crippen LogP contribution < -0.4 is 5.90 Å². The van der Waals surface area contributed by atoms with E-state index in [1.807, 2.05) is 26.0 Å². The van der Waals surface area contributed by atoms with E-state index in [1.165, 1.54) is 0 Å². The van der Waals surface area contributed by atoms with Crippen LogP contribution in [0.2, 0.25) is 0 Å². The van der Waals surface area contributed by atoms with E-state index in [2.05, 4.69) is 4.84 Å². The van der Waals surface area contributed by atoms with Crippen molar-refractivity contribution in [3.63, 3.8) is 0 Å². The van der Waals surface area contributed by atoms with Crippen molar-refractivity contribution >= 4 is 10.0 Å². The maximum Gasteiger partial charge on any atom is 0.243 e. The van der Waals surface area contributed by atoms with Crippen LogP contribution >= 0.6 is 0 Å². The summed E-state index contributed by atoms with van der Waals surface area (Å²) in [4.78, 5) is 5.06. The van der Waals surface area contributed by atoms with E-state index in [0.717, 1.165) is 24.0 Å². The second-order valence-corrected chi connectivity index (χ2v) is 7.36. The third-order valence-corrected chi connectivity index (χ3v) is 5.91. The summed E-state index contributed by atoms with van der Waals surface area (Å²) >= 11 is 0. The number of hydrogen-bond acceptors (Lipinski definition) is 4. The SMILES string of the molecule is Cc1ccc(S(=O)(=O)N2CCC(CON)CC2)c(C)c1. The van der Waals surface area contributed by atoms with Crippen molar-refractivity contribution in [2.45, 2.75) is 31.6 Å². The third-order valence-electron chi connectivity index (χ3n) is 3.85. The van der Waals surface area contributed by atoms with Crippen LogP contribution in [0.3, 0.4) is 0 Å². The highest BCUT2D eigenvalue weighted by Gasteiger charge is 2.30. The third kappa shape index (κ3) is 3.20. The highest BCUT2D eigenvalue weighted by Crippen LogP contribution is 2.26. The summed E-state index contributed by atoms with van der Waals surface area (Å²) in [5, 5.41) is 0. The monoisotopic (exact) mass is 298 g/mol. The fourth-order valence-electron chi connectivity index (χ4n) is 2.68. The molecule has 0 saturated carbocycles. The Labute approximate surface area is 120 Å². The van der Waals surface area contributed by atoms with Gasteiger partial charge in [0.25, 0.3) is 0 Å². The van der Waals surface area contributed by atoms with Gasteiger partial charge >= 0.3 is 0 Å². The predicted molar refractivity (Wildman–Crippen MR) is 77.5 cm³/mol. The Morgan fingerprint density at radius 3 is 2.50 bits per heavy atom. The lowest BCUT2D eigenvalue weighted by Gasteiger charge is -2.31. The van der Waals surface area contributed by atoms with Crippen LogP contribution in [0, 0.1) is 19.8 Å². The molecular formula is C14H22N2O3S. The summed E-state index contributed by atoms with van der Waals surface area (Å²) in [6.07, 6.45) is 1.59. The molecule has 1 aromatic carbocycles. The first-order valence-corrected chi connectivity index (χ1v) is 8.28. The van der Waals surface area contributed by atoms with Crippen LogP contribution in [-0.4, -0.2) is 32.4 Å². The fourth-order valence-corrected chi connectivity index (χ4v) is 4.36. The molecule has 2 N–H and O–H groups in total. The van der Waals surface area contributed by atoms with Crippen molar-refractivity contribution in [3.8, 4) is 0 Å². The van der Waals surface area contributed by atoms with Gasteiger partial charge in [0.2, 0.25) is 10.0 Å². The molecule has 2 rings (SSSR count). The van der Waals surface area contributed by atoms with E-state index in [9.17, 15) is 8.42 Å². The molecule has 1 heterocycles. The summed E-state index contributed by atoms with van der Waals surface area (Å²) in [7, 11) is -3.39. The molecule has 0 aliphatic carbocycles. The van der Waals surface area contributed by atoms with Crippen molar-refractivity contribution in [1.29, 1.82) is 0 Å². The summed E-state index contributed by atoms with van der Waals surface area (Å²) in [6.45, 7) is 5.36. The van der Waals surface area contributed by atoms with E-state index >= 15 is 0 Å². The summed E-state index contributed by atoms with van der Waals surface area (Å²) in [6, 6.07) is 5.45. The molecule has 0 unspecified atom stereocenters. The molecule has 112 valence electrons. The number of sulfonamides is 1. The lowest BCUT2D eigenvalue weighted by atomic mass is 9.99. The number of benzene rings is 1. The molecule has 5 nitrogen and oxygen atoms in total. The smallest absolute Gasteiger partial charge is 0.243 e. The quantitative estimate of drug-likeness (QED) is 0.857. The molecule has 1 aromatic rings. The van der Waals surface area contributed by atoms with E-state index in [0.29, 0.717) is 30.5 Å². The van der Waals surface area contributed by atoms with Crippen LogP contribution in [0.4, 0.5) is 0 Å². The number of rotatable bonds is 4. The van der Waals surface area contributed by atoms with E-state index in [1.54, 1.807) is 10.4 Å². The number of nitrogens with two attached hydrogens (primary N) is 1. The highest BCUT2D eigenvalue weighted by atomic mass is 32.2. The van der Waals surface area contributed by atoms with Crippen molar-refractivity contribution in [1.82, 2.24) is 4.31 Å². The summed E-state index contributed by atoms with van der Waals surface area (Å²) < 4.78 is 26.9. The second kappa shape index (κ2) is 6.22. The topological polar surface area (TPSA) is 72.6 Å². The first kappa shape index (κ1) is 15.4. The first-order chi connectivity index (χ1) is 9.45. The molecule has 1 aliphatic rings. The molecule has 20 heavy (non-hydrogen) atoms. The maximum atomic E-state index is 12.7. The van der Waals surface area contributed by atoms with Gasteiger partial charge in [0.1, 0.15) is 0 Å². The Morgan fingerprint density at radius 2 is 1.95 bits per heavy atom. The molecule has 0 amide bonds. The van der Waals surface area contributed by atoms with Gasteiger partial charge in [-0.15, -0.1) is 0 Å². The zero-order chi connectivity index (χ0) is 14.8. The average Bonchev–Trinajstić information content (AvgIpc) is 2.39. The number of piperidine rings is 1. The van der Waals surface area contributed by atoms with E-state index in [4.69, 9.17) is 5.90 Å². The minimum Gasteiger partial charge on any atom is -0.304 e. The van der Waals surface area contributed by atoms with Gasteiger partial charge in [-0.3, -0.25) is 0 Å². The molecule has 0 aromatic heterocycles. The van der Waals surface area contributed by atoms with Crippen molar-refractivity contribution in [2.75, 3.05) is 19.7 Å². The largest absolute Gasteiger partial charge is 0.304 e. The van der Waals surface area contributed by atoms with E-state index < -0.39 is 10.0 Å². The Hall–Kier alpha value is -0.950. The maximum absolute atomic E-state index is 12.7. The molecule has 0 bridgehead atoms. The average molecular weight is 298 g/mol. The van der Waals surface area contributed by atoms with Gasteiger partial charge in [0.15, 0.2) is 0 Å². The normalized spacial score (nSPS) is 18.4. The van der Waals surface area contributed by atoms with Crippen molar-refractivity contribution < 1.29 is 13.3 Å². The molecule has 1 saturated heterocycles. The van der Waals surface area contributed by atoms with Gasteiger partial charge in [-0.25, -0.2) is 14.3 Å². The standard InChI is InChI=1S/C14H22N2O3S/c1-11-3-4-14(12(2)9-11)20(17,18)16-7-5-13(6-8-16)10-19-15/h3-4,9,13H,5-8,10,15H2,1-2H3. The zero-order valence-corrected chi connectivity index (χ0v) is 12.8. The van der Waals surface area contributed by atoms with Gasteiger partial charge in [0, 0.05) is 13.1 Å². The molecule has 6 heteroatoms. The molecule has 0 atom stereocenters. The van der Waals surface area contributed by atoms with E-state index in [-0.39, 0.29) is 0 Å². The number of nitrogens with zero attached hydrogens (tertiary/aromatic N) is 1. The van der Waals surface area contributed by atoms with Crippen LogP contribution in [0.1, 0.15) is 24.0 Å². The number of aryl methyl sites for hydroxylation is 2. The molecular weight excluding hydrogens is 276 g/mol. The highest BCUT2D eigenvalue weighted by molar-refractivity contribution is 7.89. The van der Waals surface area contributed by atoms with Crippen LogP contribution in [-0.2, 0) is 14.9 Å². The van der Waals surface area contributed by atoms with Gasteiger partial charge in [0.05, 0.1) is 11.5 Å². The fraction of sp³-hybridized carbons (Fsp3) is 0.571. The first-order valence-electron chi connectivity index (χ1n) is 6.84. The van der Waals surface area contributed by atoms with Crippen LogP contribution in [0.5, 0.6) is 0 Å². The van der Waals surface area contributed by atoms with Gasteiger partial charge in [-0.1, -0.05) is 17.7 Å². The molecule has 0 radical (unpaired) electrons. The van der Waals surface area contributed by atoms with Crippen LogP contribution in [0.15, 0.2) is 23.1 Å². The summed E-state index contributed by atoms with van der Waals surface area (Å²) in [5.74, 6) is 5.43. The minimum atomic E-state index is -3.39. The lowest BCUT2D eigenvalue weighted by molar-refractivity contribution is 0.0805. The Morgan fingerprint density at radius 1 is 1.30 bits per heavy atom. The molecule has 1 aliphatic heterocycles. The Bertz CT molecular complexity index is 564. The Kier molecular flexibility index (Phi) is 4.80. The van der Waals surface area contributed by atoms with Crippen molar-refractivity contribution in [2.24, 2.45) is 11.8 Å². The zero-order valence-electron chi connectivity index (χ0n) is 12.0. The van der Waals surface area contributed by atoms with Gasteiger partial charge < -0.3 is 4.84 Å². The van der Waals surface area contributed by atoms with Crippen molar-refractivity contribution in [3.05, 3.63) is 29.3 Å². The van der Waals surface area contributed by atoms with Gasteiger partial charge in [-0.2, -0.15) is 4.31 Å². The molecule has 1 fully saturated rings. The van der Waals surface area contributed by atoms with Crippen LogP contribution in [0.25, 0.3) is 0 Å². The van der Waals surface area contributed by atoms with Gasteiger partial charge in [-0.05, 0) is 44.2 Å². The Balaban J connectivity index is 2.15. The summed E-state index contributed by atoms with van der Waals surface area (Å²) in [5.41, 5.74) is 1.87.